The van der Waals surface area contributed by atoms with Crippen LogP contribution < -0.4 is 5.73 Å². The van der Waals surface area contributed by atoms with Gasteiger partial charge in [0.25, 0.3) is 0 Å². The molecule has 18 heavy (non-hydrogen) atoms. The summed E-state index contributed by atoms with van der Waals surface area (Å²) in [7, 11) is 0. The quantitative estimate of drug-likeness (QED) is 0.580. The van der Waals surface area contributed by atoms with E-state index < -0.39 is 24.0 Å². The van der Waals surface area contributed by atoms with Gasteiger partial charge in [-0.2, -0.15) is 4.68 Å². The Kier molecular flexibility index (Phi) is 1.68. The van der Waals surface area contributed by atoms with Gasteiger partial charge in [-0.15, -0.1) is 5.10 Å². The molecule has 2 fully saturated rings. The molecule has 2 aromatic heterocycles. The van der Waals surface area contributed by atoms with Crippen LogP contribution in [0, 0.1) is 0 Å². The van der Waals surface area contributed by atoms with Gasteiger partial charge in [0.2, 0.25) is 0 Å². The normalized spacial score (nSPS) is 38.0. The number of hydrogen-bond donors (Lipinski definition) is 3. The molecule has 2 aliphatic rings. The summed E-state index contributed by atoms with van der Waals surface area (Å²) in [6.45, 7) is 0. The van der Waals surface area contributed by atoms with E-state index in [0.29, 0.717) is 16.9 Å². The second kappa shape index (κ2) is 2.97. The summed E-state index contributed by atoms with van der Waals surface area (Å²) in [5, 5.41) is 27.3. The van der Waals surface area contributed by atoms with E-state index in [1.165, 1.54) is 4.68 Å². The van der Waals surface area contributed by atoms with E-state index in [-0.39, 0.29) is 6.42 Å². The lowest BCUT2D eigenvalue weighted by molar-refractivity contribution is -0.0191. The number of nitrogens with two attached hydrogens (primary N) is 1. The first-order chi connectivity index (χ1) is 8.61. The van der Waals surface area contributed by atoms with Crippen molar-refractivity contribution in [3.05, 3.63) is 12.3 Å². The topological polar surface area (TPSA) is 119 Å². The van der Waals surface area contributed by atoms with Gasteiger partial charge < -0.3 is 20.7 Å². The molecule has 1 unspecified atom stereocenters. The summed E-state index contributed by atoms with van der Waals surface area (Å²) >= 11 is 0. The zero-order chi connectivity index (χ0) is 12.5. The Labute approximate surface area is 101 Å². The maximum absolute atomic E-state index is 9.95. The minimum absolute atomic E-state index is 0.272. The highest BCUT2D eigenvalue weighted by atomic mass is 16.6. The Morgan fingerprint density at radius 2 is 2.39 bits per heavy atom. The number of rotatable bonds is 1. The van der Waals surface area contributed by atoms with Gasteiger partial charge in [-0.05, 0) is 6.07 Å². The van der Waals surface area contributed by atoms with Crippen LogP contribution in [0.1, 0.15) is 12.6 Å². The molecule has 4 atom stereocenters. The molecule has 0 radical (unpaired) electrons. The number of pyridine rings is 1. The van der Waals surface area contributed by atoms with E-state index in [2.05, 4.69) is 15.3 Å². The third-order valence-electron chi connectivity index (χ3n) is 3.65. The van der Waals surface area contributed by atoms with Crippen molar-refractivity contribution in [2.75, 3.05) is 5.73 Å². The molecular weight excluding hydrogens is 238 g/mol. The van der Waals surface area contributed by atoms with Crippen molar-refractivity contribution in [1.82, 2.24) is 20.0 Å². The highest BCUT2D eigenvalue weighted by molar-refractivity contribution is 5.82. The van der Waals surface area contributed by atoms with E-state index in [0.717, 1.165) is 0 Å². The third-order valence-corrected chi connectivity index (χ3v) is 3.65. The van der Waals surface area contributed by atoms with E-state index in [1.807, 2.05) is 0 Å². The molecule has 1 aliphatic carbocycles. The molecular formula is C10H11N5O3. The summed E-state index contributed by atoms with van der Waals surface area (Å²) < 4.78 is 7.01. The first kappa shape index (κ1) is 10.2. The third kappa shape index (κ3) is 1.07. The number of aliphatic hydroxyl groups excluding tert-OH is 1. The van der Waals surface area contributed by atoms with Crippen LogP contribution in [0.3, 0.4) is 0 Å². The van der Waals surface area contributed by atoms with Crippen LogP contribution in [0.4, 0.5) is 5.69 Å². The SMILES string of the molecule is Nc1ccnc2c1nnn2[C@H]1C[C@@]2(O)C(O)[C@H]2O1. The minimum atomic E-state index is -1.15. The lowest BCUT2D eigenvalue weighted by atomic mass is 10.2. The van der Waals surface area contributed by atoms with E-state index >= 15 is 0 Å². The highest BCUT2D eigenvalue weighted by Crippen LogP contribution is 2.53. The fraction of sp³-hybridized carbons (Fsp3) is 0.500. The van der Waals surface area contributed by atoms with Crippen LogP contribution in [-0.2, 0) is 4.74 Å². The molecule has 3 heterocycles. The number of aliphatic hydroxyl groups is 2. The maximum atomic E-state index is 9.95. The number of fused-ring (bicyclic) bond motifs is 2. The summed E-state index contributed by atoms with van der Waals surface area (Å²) in [6.07, 6.45) is 0.0249. The molecule has 2 aromatic rings. The summed E-state index contributed by atoms with van der Waals surface area (Å²) in [4.78, 5) is 4.16. The molecule has 4 rings (SSSR count). The van der Waals surface area contributed by atoms with E-state index in [1.54, 1.807) is 12.3 Å². The Morgan fingerprint density at radius 1 is 1.56 bits per heavy atom. The van der Waals surface area contributed by atoms with Crippen LogP contribution in [0.15, 0.2) is 12.3 Å². The molecule has 0 aromatic carbocycles. The van der Waals surface area contributed by atoms with Crippen LogP contribution >= 0.6 is 0 Å². The number of nitrogen functional groups attached to an aromatic ring is 1. The number of hydrogen-bond acceptors (Lipinski definition) is 7. The second-order valence-electron chi connectivity index (χ2n) is 4.76. The predicted molar refractivity (Wildman–Crippen MR) is 59.2 cm³/mol. The summed E-state index contributed by atoms with van der Waals surface area (Å²) in [5.41, 5.74) is 6.13. The van der Waals surface area contributed by atoms with Crippen molar-refractivity contribution < 1.29 is 14.9 Å². The molecule has 0 spiro atoms. The molecule has 8 nitrogen and oxygen atoms in total. The fourth-order valence-electron chi connectivity index (χ4n) is 2.50. The maximum Gasteiger partial charge on any atom is 0.183 e. The van der Waals surface area contributed by atoms with Crippen molar-refractivity contribution in [2.24, 2.45) is 0 Å². The zero-order valence-corrected chi connectivity index (χ0v) is 9.26. The van der Waals surface area contributed by atoms with Crippen molar-refractivity contribution in [3.63, 3.8) is 0 Å². The van der Waals surface area contributed by atoms with Crippen molar-refractivity contribution >= 4 is 16.9 Å². The first-order valence-electron chi connectivity index (χ1n) is 5.62. The summed E-state index contributed by atoms with van der Waals surface area (Å²) in [6, 6.07) is 1.64. The molecule has 8 heteroatoms. The van der Waals surface area contributed by atoms with Gasteiger partial charge in [-0.25, -0.2) is 4.98 Å². The van der Waals surface area contributed by atoms with Crippen LogP contribution in [0.25, 0.3) is 11.2 Å². The molecule has 0 bridgehead atoms. The van der Waals surface area contributed by atoms with Crippen LogP contribution in [0.5, 0.6) is 0 Å². The Hall–Kier alpha value is -1.77. The average Bonchev–Trinajstić information content (AvgIpc) is 2.78. The van der Waals surface area contributed by atoms with Gasteiger partial charge in [0.15, 0.2) is 17.4 Å². The molecule has 1 saturated carbocycles. The van der Waals surface area contributed by atoms with Gasteiger partial charge in [-0.3, -0.25) is 0 Å². The highest BCUT2D eigenvalue weighted by Gasteiger charge is 2.71. The first-order valence-corrected chi connectivity index (χ1v) is 5.62. The molecule has 0 amide bonds. The van der Waals surface area contributed by atoms with Crippen molar-refractivity contribution in [2.45, 2.75) is 30.5 Å². The monoisotopic (exact) mass is 249 g/mol. The van der Waals surface area contributed by atoms with Crippen LogP contribution in [0.2, 0.25) is 0 Å². The Morgan fingerprint density at radius 3 is 3.11 bits per heavy atom. The van der Waals surface area contributed by atoms with Crippen LogP contribution in [-0.4, -0.2) is 48.0 Å². The standard InChI is InChI=1S/C10H11N5O3/c11-4-1-2-12-9-6(4)13-14-15(9)5-3-10(17)7(16)8(10)18-5/h1-2,5,7-8,16-17H,3H2,(H2,11,12)/t5-,7?,8-,10-/m1/s1. The number of aromatic nitrogens is 4. The average molecular weight is 249 g/mol. The lowest BCUT2D eigenvalue weighted by Crippen LogP contribution is -2.20. The van der Waals surface area contributed by atoms with Gasteiger partial charge in [0.05, 0.1) is 5.69 Å². The molecule has 4 N–H and O–H groups in total. The van der Waals surface area contributed by atoms with Gasteiger partial charge in [0.1, 0.15) is 17.8 Å². The van der Waals surface area contributed by atoms with Gasteiger partial charge in [0, 0.05) is 12.6 Å². The fourth-order valence-corrected chi connectivity index (χ4v) is 2.50. The summed E-state index contributed by atoms with van der Waals surface area (Å²) in [5.74, 6) is 0. The van der Waals surface area contributed by atoms with E-state index in [9.17, 15) is 10.2 Å². The van der Waals surface area contributed by atoms with E-state index in [4.69, 9.17) is 10.5 Å². The number of nitrogens with zero attached hydrogens (tertiary/aromatic N) is 4. The second-order valence-corrected chi connectivity index (χ2v) is 4.76. The smallest absolute Gasteiger partial charge is 0.183 e. The van der Waals surface area contributed by atoms with Gasteiger partial charge in [-0.1, -0.05) is 5.21 Å². The molecule has 94 valence electrons. The Balaban J connectivity index is 1.75. The van der Waals surface area contributed by atoms with Crippen molar-refractivity contribution in [3.8, 4) is 0 Å². The Bertz CT molecular complexity index is 643. The van der Waals surface area contributed by atoms with Crippen molar-refractivity contribution in [1.29, 1.82) is 0 Å². The number of ether oxygens (including phenoxy) is 1. The predicted octanol–water partition coefficient (Wildman–Crippen LogP) is -1.20. The zero-order valence-electron chi connectivity index (χ0n) is 9.26. The minimum Gasteiger partial charge on any atom is -0.397 e. The largest absolute Gasteiger partial charge is 0.397 e. The molecule has 1 aliphatic heterocycles. The van der Waals surface area contributed by atoms with Gasteiger partial charge >= 0.3 is 0 Å². The number of anilines is 1. The lowest BCUT2D eigenvalue weighted by Gasteiger charge is -2.14. The molecule has 1 saturated heterocycles.